The molecule has 1 N–H and O–H groups in total. The molecule has 0 atom stereocenters. The Labute approximate surface area is 150 Å². The zero-order valence-electron chi connectivity index (χ0n) is 15.9. The van der Waals surface area contributed by atoms with Crippen LogP contribution in [0.4, 0.5) is 0 Å². The molecule has 0 aliphatic carbocycles. The van der Waals surface area contributed by atoms with Crippen molar-refractivity contribution in [3.63, 3.8) is 0 Å². The van der Waals surface area contributed by atoms with Gasteiger partial charge in [-0.15, -0.1) is 0 Å². The highest BCUT2D eigenvalue weighted by Gasteiger charge is 2.23. The Morgan fingerprint density at radius 2 is 1.80 bits per heavy atom. The van der Waals surface area contributed by atoms with Crippen LogP contribution in [0.1, 0.15) is 50.5 Å². The summed E-state index contributed by atoms with van der Waals surface area (Å²) in [4.78, 5) is 7.06. The summed E-state index contributed by atoms with van der Waals surface area (Å²) >= 11 is 0. The number of benzene rings is 1. The van der Waals surface area contributed by atoms with Gasteiger partial charge in [0.25, 0.3) is 0 Å². The van der Waals surface area contributed by atoms with Gasteiger partial charge in [0.2, 0.25) is 0 Å². The lowest BCUT2D eigenvalue weighted by molar-refractivity contribution is 0.0714. The molecular formula is C20H30N4O. The number of aryl methyl sites for hydroxylation is 2. The summed E-state index contributed by atoms with van der Waals surface area (Å²) in [5, 5.41) is 14.6. The van der Waals surface area contributed by atoms with Crippen LogP contribution >= 0.6 is 0 Å². The van der Waals surface area contributed by atoms with Gasteiger partial charge >= 0.3 is 0 Å². The van der Waals surface area contributed by atoms with Gasteiger partial charge in [-0.25, -0.2) is 9.67 Å². The minimum absolute atomic E-state index is 0.433. The van der Waals surface area contributed by atoms with E-state index in [0.717, 1.165) is 56.0 Å². The van der Waals surface area contributed by atoms with Gasteiger partial charge in [-0.1, -0.05) is 24.3 Å². The molecule has 5 heteroatoms. The van der Waals surface area contributed by atoms with E-state index in [1.54, 1.807) is 0 Å². The van der Waals surface area contributed by atoms with Gasteiger partial charge in [-0.2, -0.15) is 5.10 Å². The molecule has 0 spiro atoms. The number of rotatable bonds is 5. The fourth-order valence-electron chi connectivity index (χ4n) is 3.39. The first-order valence-corrected chi connectivity index (χ1v) is 9.25. The highest BCUT2D eigenvalue weighted by atomic mass is 16.3. The first kappa shape index (κ1) is 18.1. The van der Waals surface area contributed by atoms with E-state index in [1.165, 1.54) is 5.56 Å². The molecule has 1 saturated heterocycles. The number of nitrogens with zero attached hydrogens (tertiary/aromatic N) is 4. The van der Waals surface area contributed by atoms with E-state index in [2.05, 4.69) is 51.0 Å². The van der Waals surface area contributed by atoms with Gasteiger partial charge in [0.15, 0.2) is 5.82 Å². The van der Waals surface area contributed by atoms with Crippen molar-refractivity contribution in [2.45, 2.75) is 58.1 Å². The standard InChI is InChI=1S/C20H30N4O/c1-15-21-19(24(22-15)18-10-13-23(4)14-11-18)17-7-5-16(6-8-17)9-12-20(2,3)25/h5-8,18,25H,9-14H2,1-4H3. The Kier molecular flexibility index (Phi) is 5.25. The molecule has 1 aliphatic rings. The maximum atomic E-state index is 9.89. The molecule has 3 rings (SSSR count). The molecule has 2 aromatic rings. The SMILES string of the molecule is Cc1nc(-c2ccc(CCC(C)(C)O)cc2)n(C2CCN(C)CC2)n1. The Morgan fingerprint density at radius 1 is 1.16 bits per heavy atom. The van der Waals surface area contributed by atoms with Crippen molar-refractivity contribution in [2.24, 2.45) is 0 Å². The molecule has 1 aliphatic heterocycles. The maximum absolute atomic E-state index is 9.89. The number of aromatic nitrogens is 3. The lowest BCUT2D eigenvalue weighted by atomic mass is 9.98. The summed E-state index contributed by atoms with van der Waals surface area (Å²) in [6.07, 6.45) is 3.88. The van der Waals surface area contributed by atoms with E-state index in [-0.39, 0.29) is 0 Å². The fraction of sp³-hybridized carbons (Fsp3) is 0.600. The highest BCUT2D eigenvalue weighted by Crippen LogP contribution is 2.27. The van der Waals surface area contributed by atoms with E-state index in [4.69, 9.17) is 0 Å². The van der Waals surface area contributed by atoms with E-state index in [1.807, 2.05) is 20.8 Å². The number of aliphatic hydroxyl groups is 1. The predicted octanol–water partition coefficient (Wildman–Crippen LogP) is 3.22. The van der Waals surface area contributed by atoms with Crippen molar-refractivity contribution in [2.75, 3.05) is 20.1 Å². The third-order valence-electron chi connectivity index (χ3n) is 5.01. The van der Waals surface area contributed by atoms with Crippen LogP contribution in [0.3, 0.4) is 0 Å². The first-order valence-electron chi connectivity index (χ1n) is 9.25. The number of likely N-dealkylation sites (tertiary alicyclic amines) is 1. The van der Waals surface area contributed by atoms with Gasteiger partial charge in [0.05, 0.1) is 11.6 Å². The fourth-order valence-corrected chi connectivity index (χ4v) is 3.39. The smallest absolute Gasteiger partial charge is 0.158 e. The lowest BCUT2D eigenvalue weighted by Crippen LogP contribution is -2.32. The molecule has 25 heavy (non-hydrogen) atoms. The summed E-state index contributed by atoms with van der Waals surface area (Å²) in [5.74, 6) is 1.81. The third-order valence-corrected chi connectivity index (χ3v) is 5.01. The molecule has 0 saturated carbocycles. The van der Waals surface area contributed by atoms with Crippen molar-refractivity contribution >= 4 is 0 Å². The minimum Gasteiger partial charge on any atom is -0.390 e. The van der Waals surface area contributed by atoms with E-state index < -0.39 is 5.60 Å². The summed E-state index contributed by atoms with van der Waals surface area (Å²) < 4.78 is 2.13. The Morgan fingerprint density at radius 3 is 2.40 bits per heavy atom. The molecule has 0 unspecified atom stereocenters. The molecule has 5 nitrogen and oxygen atoms in total. The molecular weight excluding hydrogens is 312 g/mol. The second-order valence-electron chi connectivity index (χ2n) is 7.97. The van der Waals surface area contributed by atoms with E-state index >= 15 is 0 Å². The maximum Gasteiger partial charge on any atom is 0.158 e. The Hall–Kier alpha value is -1.72. The monoisotopic (exact) mass is 342 g/mol. The van der Waals surface area contributed by atoms with Crippen LogP contribution in [0.15, 0.2) is 24.3 Å². The Balaban J connectivity index is 1.77. The zero-order chi connectivity index (χ0) is 18.0. The van der Waals surface area contributed by atoms with E-state index in [0.29, 0.717) is 6.04 Å². The number of piperidine rings is 1. The molecule has 0 amide bonds. The highest BCUT2D eigenvalue weighted by molar-refractivity contribution is 5.56. The van der Waals surface area contributed by atoms with Crippen LogP contribution in [-0.4, -0.2) is 50.5 Å². The van der Waals surface area contributed by atoms with Crippen LogP contribution in [0, 0.1) is 6.92 Å². The Bertz CT molecular complexity index is 691. The van der Waals surface area contributed by atoms with Gasteiger partial charge < -0.3 is 10.0 Å². The van der Waals surface area contributed by atoms with Crippen molar-refractivity contribution in [3.05, 3.63) is 35.7 Å². The number of hydrogen-bond donors (Lipinski definition) is 1. The molecule has 1 fully saturated rings. The van der Waals surface area contributed by atoms with Crippen LogP contribution in [0.5, 0.6) is 0 Å². The average molecular weight is 342 g/mol. The van der Waals surface area contributed by atoms with Crippen LogP contribution < -0.4 is 0 Å². The van der Waals surface area contributed by atoms with Crippen LogP contribution in [-0.2, 0) is 6.42 Å². The first-order chi connectivity index (χ1) is 11.8. The van der Waals surface area contributed by atoms with Gasteiger partial charge in [-0.05, 0) is 72.2 Å². The summed E-state index contributed by atoms with van der Waals surface area (Å²) in [5.41, 5.74) is 1.74. The topological polar surface area (TPSA) is 54.2 Å². The van der Waals surface area contributed by atoms with Crippen LogP contribution in [0.25, 0.3) is 11.4 Å². The van der Waals surface area contributed by atoms with E-state index in [9.17, 15) is 5.11 Å². The molecule has 0 bridgehead atoms. The predicted molar refractivity (Wildman–Crippen MR) is 101 cm³/mol. The summed E-state index contributed by atoms with van der Waals surface area (Å²) in [6, 6.07) is 8.99. The summed E-state index contributed by atoms with van der Waals surface area (Å²) in [6.45, 7) is 7.90. The van der Waals surface area contributed by atoms with Gasteiger partial charge in [0, 0.05) is 5.56 Å². The van der Waals surface area contributed by atoms with Crippen molar-refractivity contribution < 1.29 is 5.11 Å². The zero-order valence-corrected chi connectivity index (χ0v) is 15.9. The quantitative estimate of drug-likeness (QED) is 0.906. The number of hydrogen-bond acceptors (Lipinski definition) is 4. The van der Waals surface area contributed by atoms with Crippen molar-refractivity contribution in [3.8, 4) is 11.4 Å². The van der Waals surface area contributed by atoms with Gasteiger partial charge in [-0.3, -0.25) is 0 Å². The lowest BCUT2D eigenvalue weighted by Gasteiger charge is -2.29. The molecule has 0 radical (unpaired) electrons. The molecule has 1 aromatic carbocycles. The largest absolute Gasteiger partial charge is 0.390 e. The summed E-state index contributed by atoms with van der Waals surface area (Å²) in [7, 11) is 2.18. The van der Waals surface area contributed by atoms with Crippen molar-refractivity contribution in [1.82, 2.24) is 19.7 Å². The van der Waals surface area contributed by atoms with Crippen molar-refractivity contribution in [1.29, 1.82) is 0 Å². The second-order valence-corrected chi connectivity index (χ2v) is 7.97. The minimum atomic E-state index is -0.621. The third kappa shape index (κ3) is 4.67. The molecule has 2 heterocycles. The second kappa shape index (κ2) is 7.26. The average Bonchev–Trinajstić information content (AvgIpc) is 2.95. The molecule has 1 aromatic heterocycles. The van der Waals surface area contributed by atoms with Crippen LogP contribution in [0.2, 0.25) is 0 Å². The molecule has 136 valence electrons. The normalized spacial score (nSPS) is 17.2. The van der Waals surface area contributed by atoms with Gasteiger partial charge in [0.1, 0.15) is 5.82 Å².